The van der Waals surface area contributed by atoms with E-state index in [0.29, 0.717) is 38.6 Å². The molecule has 0 aliphatic carbocycles. The van der Waals surface area contributed by atoms with E-state index in [9.17, 15) is 19.5 Å². The van der Waals surface area contributed by atoms with Crippen molar-refractivity contribution in [2.24, 2.45) is 5.73 Å². The molecule has 0 saturated carbocycles. The number of rotatable bonds is 33. The molecule has 0 heterocycles. The van der Waals surface area contributed by atoms with Gasteiger partial charge in [0, 0.05) is 12.8 Å². The van der Waals surface area contributed by atoms with Crippen LogP contribution in [0.3, 0.4) is 0 Å². The van der Waals surface area contributed by atoms with E-state index in [4.69, 9.17) is 10.5 Å². The highest BCUT2D eigenvalue weighted by molar-refractivity contribution is 5.83. The summed E-state index contributed by atoms with van der Waals surface area (Å²) in [4.78, 5) is 36.1. The molecule has 0 rings (SSSR count). The van der Waals surface area contributed by atoms with E-state index in [2.05, 4.69) is 67.8 Å². The molecule has 0 spiro atoms. The first-order valence-electron chi connectivity index (χ1n) is 19.0. The Bertz CT molecular complexity index is 880. The number of amides is 1. The van der Waals surface area contributed by atoms with Gasteiger partial charge in [-0.15, -0.1) is 0 Å². The van der Waals surface area contributed by atoms with E-state index in [1.807, 2.05) is 0 Å². The van der Waals surface area contributed by atoms with Crippen LogP contribution in [0.15, 0.2) is 48.6 Å². The number of carboxylic acid groups (broad SMARTS) is 1. The number of ether oxygens (including phenoxy) is 1. The SMILES string of the molecule is CC/C=C\C/C=C\C/C=C\C/C=C\CCCCCCCCC(=O)OC(CCCCCC)CCCCCC(=O)NC(CCCN)C(=O)O. The van der Waals surface area contributed by atoms with E-state index in [1.165, 1.54) is 32.1 Å². The number of aliphatic carboxylic acids is 1. The van der Waals surface area contributed by atoms with Crippen molar-refractivity contribution in [1.29, 1.82) is 0 Å². The maximum absolute atomic E-state index is 12.6. The summed E-state index contributed by atoms with van der Waals surface area (Å²) in [7, 11) is 0. The van der Waals surface area contributed by atoms with Crippen molar-refractivity contribution in [2.45, 2.75) is 180 Å². The number of carbonyl (C=O) groups excluding carboxylic acids is 2. The first kappa shape index (κ1) is 44.3. The number of hydrogen-bond donors (Lipinski definition) is 3. The number of allylic oxidation sites excluding steroid dienone is 8. The van der Waals surface area contributed by atoms with Gasteiger partial charge in [0.15, 0.2) is 0 Å². The number of carboxylic acids is 1. The number of nitrogens with two attached hydrogens (primary N) is 1. The second-order valence-corrected chi connectivity index (χ2v) is 12.6. The second kappa shape index (κ2) is 34.7. The monoisotopic (exact) mass is 659 g/mol. The molecule has 4 N–H and O–H groups in total. The average molecular weight is 659 g/mol. The van der Waals surface area contributed by atoms with Gasteiger partial charge in [0.05, 0.1) is 0 Å². The molecule has 47 heavy (non-hydrogen) atoms. The maximum Gasteiger partial charge on any atom is 0.326 e. The molecule has 0 bridgehead atoms. The Labute approximate surface area is 287 Å². The number of nitrogens with one attached hydrogen (secondary N) is 1. The van der Waals surface area contributed by atoms with Crippen molar-refractivity contribution in [3.63, 3.8) is 0 Å². The Morgan fingerprint density at radius 3 is 1.77 bits per heavy atom. The van der Waals surface area contributed by atoms with Gasteiger partial charge < -0.3 is 20.9 Å². The summed E-state index contributed by atoms with van der Waals surface area (Å²) in [5.74, 6) is -1.34. The van der Waals surface area contributed by atoms with Gasteiger partial charge in [-0.3, -0.25) is 9.59 Å². The first-order valence-corrected chi connectivity index (χ1v) is 19.0. The zero-order chi connectivity index (χ0) is 34.6. The lowest BCUT2D eigenvalue weighted by atomic mass is 10.0. The lowest BCUT2D eigenvalue weighted by Gasteiger charge is -2.18. The molecule has 0 aromatic carbocycles. The third-order valence-electron chi connectivity index (χ3n) is 8.16. The molecule has 0 aliphatic rings. The van der Waals surface area contributed by atoms with E-state index in [-0.39, 0.29) is 18.0 Å². The summed E-state index contributed by atoms with van der Waals surface area (Å²) < 4.78 is 5.90. The fourth-order valence-corrected chi connectivity index (χ4v) is 5.32. The summed E-state index contributed by atoms with van der Waals surface area (Å²) in [6, 6.07) is -0.875. The quantitative estimate of drug-likeness (QED) is 0.0367. The van der Waals surface area contributed by atoms with Crippen LogP contribution in [0.25, 0.3) is 0 Å². The van der Waals surface area contributed by atoms with Gasteiger partial charge >= 0.3 is 11.9 Å². The Hall–Kier alpha value is -2.67. The predicted octanol–water partition coefficient (Wildman–Crippen LogP) is 10.1. The Morgan fingerprint density at radius 2 is 1.17 bits per heavy atom. The van der Waals surface area contributed by atoms with Gasteiger partial charge in [-0.2, -0.15) is 0 Å². The zero-order valence-electron chi connectivity index (χ0n) is 30.1. The molecular weight excluding hydrogens is 588 g/mol. The minimum absolute atomic E-state index is 0.0563. The van der Waals surface area contributed by atoms with Crippen molar-refractivity contribution in [3.05, 3.63) is 48.6 Å². The van der Waals surface area contributed by atoms with Crippen molar-refractivity contribution in [2.75, 3.05) is 6.54 Å². The molecule has 7 nitrogen and oxygen atoms in total. The molecule has 1 amide bonds. The lowest BCUT2D eigenvalue weighted by molar-refractivity contribution is -0.150. The molecule has 0 radical (unpaired) electrons. The second-order valence-electron chi connectivity index (χ2n) is 12.6. The van der Waals surface area contributed by atoms with Crippen LogP contribution in [-0.4, -0.2) is 41.6 Å². The smallest absolute Gasteiger partial charge is 0.326 e. The molecule has 0 saturated heterocycles. The van der Waals surface area contributed by atoms with Gasteiger partial charge in [0.2, 0.25) is 5.91 Å². The van der Waals surface area contributed by atoms with Crippen LogP contribution in [0, 0.1) is 0 Å². The summed E-state index contributed by atoms with van der Waals surface area (Å²) in [5, 5.41) is 11.9. The molecule has 270 valence electrons. The molecule has 2 atom stereocenters. The maximum atomic E-state index is 12.6. The first-order chi connectivity index (χ1) is 22.9. The van der Waals surface area contributed by atoms with Crippen LogP contribution in [0.2, 0.25) is 0 Å². The zero-order valence-corrected chi connectivity index (χ0v) is 30.1. The van der Waals surface area contributed by atoms with Gasteiger partial charge in [0.25, 0.3) is 0 Å². The van der Waals surface area contributed by atoms with Crippen LogP contribution < -0.4 is 11.1 Å². The van der Waals surface area contributed by atoms with Crippen LogP contribution in [-0.2, 0) is 19.1 Å². The Balaban J connectivity index is 4.06. The van der Waals surface area contributed by atoms with Crippen LogP contribution in [0.4, 0.5) is 0 Å². The third kappa shape index (κ3) is 31.7. The molecule has 0 aromatic heterocycles. The van der Waals surface area contributed by atoms with Gasteiger partial charge in [0.1, 0.15) is 12.1 Å². The Morgan fingerprint density at radius 1 is 0.638 bits per heavy atom. The van der Waals surface area contributed by atoms with Gasteiger partial charge in [-0.25, -0.2) is 4.79 Å². The van der Waals surface area contributed by atoms with Crippen molar-refractivity contribution >= 4 is 17.8 Å². The predicted molar refractivity (Wildman–Crippen MR) is 197 cm³/mol. The normalized spacial score (nSPS) is 13.3. The van der Waals surface area contributed by atoms with Crippen LogP contribution in [0.1, 0.15) is 168 Å². The number of carbonyl (C=O) groups is 3. The highest BCUT2D eigenvalue weighted by atomic mass is 16.5. The fourth-order valence-electron chi connectivity index (χ4n) is 5.32. The van der Waals surface area contributed by atoms with E-state index < -0.39 is 12.0 Å². The van der Waals surface area contributed by atoms with Gasteiger partial charge in [-0.1, -0.05) is 114 Å². The standard InChI is InChI=1S/C40H70N2O5/c1-3-5-7-9-10-11-12-13-14-15-16-17-18-19-20-21-22-23-28-34-39(44)47-36(30-25-8-6-4-2)31-26-24-27-33-38(43)42-37(40(45)46)32-29-35-41/h5,7,10-11,13-14,16-17,36-37H,3-4,6,8-9,12,15,18-35,41H2,1-2H3,(H,42,43)(H,45,46)/b7-5-,11-10-,14-13-,17-16-. The molecule has 0 aromatic rings. The Kier molecular flexibility index (Phi) is 32.7. The summed E-state index contributed by atoms with van der Waals surface area (Å²) in [6.07, 6.45) is 40.3. The lowest BCUT2D eigenvalue weighted by Crippen LogP contribution is -2.40. The highest BCUT2D eigenvalue weighted by Gasteiger charge is 2.19. The van der Waals surface area contributed by atoms with Gasteiger partial charge in [-0.05, 0) is 96.4 Å². The summed E-state index contributed by atoms with van der Waals surface area (Å²) in [5.41, 5.74) is 5.46. The van der Waals surface area contributed by atoms with Crippen molar-refractivity contribution in [3.8, 4) is 0 Å². The van der Waals surface area contributed by atoms with E-state index >= 15 is 0 Å². The van der Waals surface area contributed by atoms with Crippen LogP contribution >= 0.6 is 0 Å². The summed E-state index contributed by atoms with van der Waals surface area (Å²) in [6.45, 7) is 4.75. The van der Waals surface area contributed by atoms with Crippen molar-refractivity contribution < 1.29 is 24.2 Å². The summed E-state index contributed by atoms with van der Waals surface area (Å²) >= 11 is 0. The third-order valence-corrected chi connectivity index (χ3v) is 8.16. The average Bonchev–Trinajstić information content (AvgIpc) is 3.05. The highest BCUT2D eigenvalue weighted by Crippen LogP contribution is 2.17. The number of unbranched alkanes of at least 4 members (excludes halogenated alkanes) is 11. The molecule has 0 aliphatic heterocycles. The van der Waals surface area contributed by atoms with Crippen LogP contribution in [0.5, 0.6) is 0 Å². The molecular formula is C40H70N2O5. The number of esters is 1. The fraction of sp³-hybridized carbons (Fsp3) is 0.725. The minimum atomic E-state index is -1.02. The number of hydrogen-bond acceptors (Lipinski definition) is 5. The molecule has 7 heteroatoms. The molecule has 0 fully saturated rings. The van der Waals surface area contributed by atoms with E-state index in [0.717, 1.165) is 89.9 Å². The minimum Gasteiger partial charge on any atom is -0.480 e. The van der Waals surface area contributed by atoms with E-state index in [1.54, 1.807) is 0 Å². The topological polar surface area (TPSA) is 119 Å². The van der Waals surface area contributed by atoms with Crippen molar-refractivity contribution in [1.82, 2.24) is 5.32 Å². The molecule has 2 unspecified atom stereocenters. The largest absolute Gasteiger partial charge is 0.480 e.